The van der Waals surface area contributed by atoms with E-state index < -0.39 is 15.9 Å². The first kappa shape index (κ1) is 17.5. The number of carbonyl (C=O) groups excluding carboxylic acids is 1. The number of sulfonamides is 1. The topological polar surface area (TPSA) is 92.3 Å². The molecule has 1 heterocycles. The van der Waals surface area contributed by atoms with E-state index in [4.69, 9.17) is 0 Å². The summed E-state index contributed by atoms with van der Waals surface area (Å²) in [5.74, 6) is -0.195. The normalized spacial score (nSPS) is 11.9. The molecule has 0 bridgehead atoms. The molecule has 7 nitrogen and oxygen atoms in total. The van der Waals surface area contributed by atoms with Crippen molar-refractivity contribution < 1.29 is 13.2 Å². The molecule has 0 atom stereocenters. The Labute approximate surface area is 139 Å². The van der Waals surface area contributed by atoms with Crippen molar-refractivity contribution in [3.05, 3.63) is 34.8 Å². The van der Waals surface area contributed by atoms with Crippen LogP contribution in [0.1, 0.15) is 35.1 Å². The summed E-state index contributed by atoms with van der Waals surface area (Å²) < 4.78 is 25.3. The van der Waals surface area contributed by atoms with Crippen LogP contribution in [0.15, 0.2) is 29.2 Å². The number of carbonyl (C=O) groups is 1. The summed E-state index contributed by atoms with van der Waals surface area (Å²) in [6, 6.07) is 5.88. The molecule has 2 rings (SSSR count). The summed E-state index contributed by atoms with van der Waals surface area (Å²) >= 11 is 1.30. The first-order valence-corrected chi connectivity index (χ1v) is 9.15. The molecule has 0 spiro atoms. The average Bonchev–Trinajstić information content (AvgIpc) is 2.96. The highest BCUT2D eigenvalue weighted by Gasteiger charge is 2.19. The second-order valence-corrected chi connectivity index (χ2v) is 8.53. The zero-order valence-electron chi connectivity index (χ0n) is 13.3. The van der Waals surface area contributed by atoms with Crippen molar-refractivity contribution in [2.24, 2.45) is 0 Å². The number of hydrogen-bond acceptors (Lipinski definition) is 6. The molecule has 0 aliphatic heterocycles. The maximum atomic E-state index is 12.3. The van der Waals surface area contributed by atoms with E-state index in [9.17, 15) is 13.2 Å². The van der Waals surface area contributed by atoms with Gasteiger partial charge in [-0.1, -0.05) is 31.3 Å². The Hall–Kier alpha value is -1.84. The number of benzene rings is 1. The fraction of sp³-hybridized carbons (Fsp3) is 0.357. The van der Waals surface area contributed by atoms with E-state index in [0.29, 0.717) is 5.13 Å². The summed E-state index contributed by atoms with van der Waals surface area (Å²) in [4.78, 5) is 12.3. The molecule has 0 aliphatic carbocycles. The highest BCUT2D eigenvalue weighted by Crippen LogP contribution is 2.23. The van der Waals surface area contributed by atoms with Gasteiger partial charge < -0.3 is 0 Å². The van der Waals surface area contributed by atoms with Gasteiger partial charge in [0.2, 0.25) is 15.2 Å². The van der Waals surface area contributed by atoms with Crippen LogP contribution < -0.4 is 5.32 Å². The van der Waals surface area contributed by atoms with Gasteiger partial charge in [0.05, 0.1) is 4.90 Å². The monoisotopic (exact) mass is 354 g/mol. The molecular weight excluding hydrogens is 336 g/mol. The Bertz CT molecular complexity index is 813. The van der Waals surface area contributed by atoms with Crippen molar-refractivity contribution >= 4 is 32.4 Å². The second-order valence-electron chi connectivity index (χ2n) is 5.37. The first-order chi connectivity index (χ1) is 10.7. The van der Waals surface area contributed by atoms with E-state index >= 15 is 0 Å². The summed E-state index contributed by atoms with van der Waals surface area (Å²) in [6.45, 7) is 3.98. The van der Waals surface area contributed by atoms with Crippen LogP contribution in [0.4, 0.5) is 5.13 Å². The van der Waals surface area contributed by atoms with Gasteiger partial charge in [-0.25, -0.2) is 12.7 Å². The third-order valence-corrected chi connectivity index (χ3v) is 5.98. The van der Waals surface area contributed by atoms with Crippen molar-refractivity contribution in [1.29, 1.82) is 0 Å². The molecule has 0 aliphatic rings. The van der Waals surface area contributed by atoms with E-state index in [1.165, 1.54) is 43.6 Å². The van der Waals surface area contributed by atoms with Crippen LogP contribution in [0.3, 0.4) is 0 Å². The van der Waals surface area contributed by atoms with Gasteiger partial charge in [0, 0.05) is 25.6 Å². The molecule has 1 aromatic carbocycles. The molecule has 9 heteroatoms. The predicted molar refractivity (Wildman–Crippen MR) is 89.3 cm³/mol. The van der Waals surface area contributed by atoms with Gasteiger partial charge in [0.25, 0.3) is 5.91 Å². The van der Waals surface area contributed by atoms with E-state index in [2.05, 4.69) is 15.5 Å². The zero-order chi connectivity index (χ0) is 17.2. The maximum absolute atomic E-state index is 12.3. The first-order valence-electron chi connectivity index (χ1n) is 6.89. The lowest BCUT2D eigenvalue weighted by molar-refractivity contribution is 0.102. The molecule has 1 aromatic heterocycles. The number of nitrogens with one attached hydrogen (secondary N) is 1. The van der Waals surface area contributed by atoms with Crippen molar-refractivity contribution in [3.63, 3.8) is 0 Å². The Balaban J connectivity index is 2.23. The van der Waals surface area contributed by atoms with Crippen LogP contribution >= 0.6 is 11.3 Å². The van der Waals surface area contributed by atoms with Crippen LogP contribution in [-0.4, -0.2) is 42.9 Å². The zero-order valence-corrected chi connectivity index (χ0v) is 14.9. The Morgan fingerprint density at radius 3 is 2.52 bits per heavy atom. The lowest BCUT2D eigenvalue weighted by Gasteiger charge is -2.12. The second kappa shape index (κ2) is 6.73. The lowest BCUT2D eigenvalue weighted by atomic mass is 10.2. The number of hydrogen-bond donors (Lipinski definition) is 1. The van der Waals surface area contributed by atoms with E-state index in [1.807, 2.05) is 13.8 Å². The van der Waals surface area contributed by atoms with Crippen LogP contribution in [0.25, 0.3) is 0 Å². The molecule has 2 aromatic rings. The number of aromatic nitrogens is 2. The quantitative estimate of drug-likeness (QED) is 0.888. The van der Waals surface area contributed by atoms with Crippen molar-refractivity contribution in [1.82, 2.24) is 14.5 Å². The molecule has 0 saturated heterocycles. The van der Waals surface area contributed by atoms with Gasteiger partial charge >= 0.3 is 0 Å². The van der Waals surface area contributed by atoms with Crippen LogP contribution in [0, 0.1) is 0 Å². The summed E-state index contributed by atoms with van der Waals surface area (Å²) in [7, 11) is -0.702. The van der Waals surface area contributed by atoms with Gasteiger partial charge in [0.15, 0.2) is 0 Å². The highest BCUT2D eigenvalue weighted by atomic mass is 32.2. The van der Waals surface area contributed by atoms with Gasteiger partial charge in [-0.15, -0.1) is 10.2 Å². The van der Waals surface area contributed by atoms with Crippen LogP contribution in [0.5, 0.6) is 0 Å². The third-order valence-electron chi connectivity index (χ3n) is 3.03. The van der Waals surface area contributed by atoms with Crippen molar-refractivity contribution in [2.75, 3.05) is 19.4 Å². The molecule has 0 unspecified atom stereocenters. The molecule has 1 amide bonds. The summed E-state index contributed by atoms with van der Waals surface area (Å²) in [5, 5.41) is 11.8. The van der Waals surface area contributed by atoms with E-state index in [0.717, 1.165) is 9.31 Å². The molecule has 0 fully saturated rings. The predicted octanol–water partition coefficient (Wildman–Crippen LogP) is 2.16. The van der Waals surface area contributed by atoms with Crippen molar-refractivity contribution in [2.45, 2.75) is 24.7 Å². The summed E-state index contributed by atoms with van der Waals surface area (Å²) in [6.07, 6.45) is 0. The number of rotatable bonds is 5. The maximum Gasteiger partial charge on any atom is 0.257 e. The Morgan fingerprint density at radius 1 is 1.26 bits per heavy atom. The minimum atomic E-state index is -3.58. The third kappa shape index (κ3) is 3.92. The van der Waals surface area contributed by atoms with Gasteiger partial charge in [-0.2, -0.15) is 0 Å². The minimum Gasteiger partial charge on any atom is -0.296 e. The fourth-order valence-corrected chi connectivity index (χ4v) is 3.39. The number of amides is 1. The smallest absolute Gasteiger partial charge is 0.257 e. The summed E-state index contributed by atoms with van der Waals surface area (Å²) in [5.41, 5.74) is 0.245. The molecule has 1 N–H and O–H groups in total. The van der Waals surface area contributed by atoms with Gasteiger partial charge in [-0.05, 0) is 18.2 Å². The minimum absolute atomic E-state index is 0.0651. The van der Waals surface area contributed by atoms with E-state index in [-0.39, 0.29) is 16.4 Å². The number of anilines is 1. The fourth-order valence-electron chi connectivity index (χ4n) is 1.70. The number of nitrogens with zero attached hydrogens (tertiary/aromatic N) is 3. The van der Waals surface area contributed by atoms with Gasteiger partial charge in [-0.3, -0.25) is 10.1 Å². The van der Waals surface area contributed by atoms with E-state index in [1.54, 1.807) is 6.07 Å². The Kier molecular flexibility index (Phi) is 5.12. The highest BCUT2D eigenvalue weighted by molar-refractivity contribution is 7.89. The Morgan fingerprint density at radius 2 is 1.96 bits per heavy atom. The van der Waals surface area contributed by atoms with Gasteiger partial charge in [0.1, 0.15) is 5.01 Å². The largest absolute Gasteiger partial charge is 0.296 e. The molecular formula is C14H18N4O3S2. The average molecular weight is 354 g/mol. The van der Waals surface area contributed by atoms with Crippen LogP contribution in [-0.2, 0) is 10.0 Å². The molecule has 0 radical (unpaired) electrons. The lowest BCUT2D eigenvalue weighted by Crippen LogP contribution is -2.22. The molecule has 0 saturated carbocycles. The molecule has 124 valence electrons. The SMILES string of the molecule is CC(C)c1nnc(NC(=O)c2cccc(S(=O)(=O)N(C)C)c2)s1. The molecule has 23 heavy (non-hydrogen) atoms. The van der Waals surface area contributed by atoms with Crippen molar-refractivity contribution in [3.8, 4) is 0 Å². The van der Waals surface area contributed by atoms with Crippen LogP contribution in [0.2, 0.25) is 0 Å². The standard InChI is InChI=1S/C14H18N4O3S2/c1-9(2)13-16-17-14(22-13)15-12(19)10-6-5-7-11(8-10)23(20,21)18(3)4/h5-9H,1-4H3,(H,15,17,19).